The number of carboxylic acids is 1. The molecule has 1 N–H and O–H groups in total. The van der Waals surface area contributed by atoms with Gasteiger partial charge in [0.2, 0.25) is 0 Å². The second-order valence-electron chi connectivity index (χ2n) is 11.9. The third-order valence-corrected chi connectivity index (χ3v) is 9.06. The predicted molar refractivity (Wildman–Crippen MR) is 153 cm³/mol. The number of benzene rings is 2. The van der Waals surface area contributed by atoms with Gasteiger partial charge in [0, 0.05) is 41.2 Å². The molecule has 4 aromatic rings. The van der Waals surface area contributed by atoms with E-state index in [0.29, 0.717) is 11.3 Å². The number of carboxylic acid groups (broad SMARTS) is 1. The van der Waals surface area contributed by atoms with Gasteiger partial charge in [-0.2, -0.15) is 0 Å². The zero-order valence-corrected chi connectivity index (χ0v) is 22.5. The number of aromatic nitrogens is 2. The predicted octanol–water partition coefficient (Wildman–Crippen LogP) is 7.55. The number of aryl methyl sites for hydroxylation is 2. The zero-order chi connectivity index (χ0) is 26.7. The molecule has 6 nitrogen and oxygen atoms in total. The first-order valence-corrected chi connectivity index (χ1v) is 14.0. The maximum absolute atomic E-state index is 11.4. The highest BCUT2D eigenvalue weighted by Gasteiger charge is 2.43. The first kappa shape index (κ1) is 24.1. The van der Waals surface area contributed by atoms with E-state index in [4.69, 9.17) is 4.52 Å². The van der Waals surface area contributed by atoms with Gasteiger partial charge in [-0.3, -0.25) is 0 Å². The van der Waals surface area contributed by atoms with Gasteiger partial charge >= 0.3 is 5.97 Å². The molecule has 3 heterocycles. The Morgan fingerprint density at radius 1 is 1.05 bits per heavy atom. The molecule has 2 aromatic carbocycles. The summed E-state index contributed by atoms with van der Waals surface area (Å²) in [6.07, 6.45) is 9.47. The maximum Gasteiger partial charge on any atom is 0.354 e. The molecular formula is C33H33N3O3. The molecule has 0 atom stereocenters. The molecule has 3 aliphatic rings. The molecule has 2 aromatic heterocycles. The van der Waals surface area contributed by atoms with Gasteiger partial charge < -0.3 is 14.5 Å². The van der Waals surface area contributed by atoms with Gasteiger partial charge in [-0.1, -0.05) is 35.0 Å². The molecule has 0 bridgehead atoms. The van der Waals surface area contributed by atoms with Crippen molar-refractivity contribution in [3.8, 4) is 11.3 Å². The topological polar surface area (TPSA) is 79.5 Å². The van der Waals surface area contributed by atoms with Crippen molar-refractivity contribution >= 4 is 28.6 Å². The van der Waals surface area contributed by atoms with Crippen LogP contribution in [0.15, 0.2) is 58.6 Å². The van der Waals surface area contributed by atoms with Gasteiger partial charge in [0.1, 0.15) is 17.1 Å². The van der Waals surface area contributed by atoms with E-state index in [1.807, 2.05) is 13.0 Å². The number of rotatable bonds is 5. The highest BCUT2D eigenvalue weighted by molar-refractivity contribution is 5.92. The number of allylic oxidation sites excluding steroid dienone is 1. The summed E-state index contributed by atoms with van der Waals surface area (Å²) in [6, 6.07) is 16.3. The second-order valence-corrected chi connectivity index (χ2v) is 11.9. The molecule has 2 aliphatic carbocycles. The van der Waals surface area contributed by atoms with Crippen molar-refractivity contribution in [1.82, 2.24) is 10.1 Å². The molecule has 2 saturated carbocycles. The minimum Gasteiger partial charge on any atom is -0.477 e. The van der Waals surface area contributed by atoms with E-state index >= 15 is 0 Å². The van der Waals surface area contributed by atoms with Gasteiger partial charge in [-0.25, -0.2) is 9.78 Å². The van der Waals surface area contributed by atoms with Gasteiger partial charge in [0.25, 0.3) is 0 Å². The fraction of sp³-hybridized carbons (Fsp3) is 0.364. The van der Waals surface area contributed by atoms with Crippen LogP contribution >= 0.6 is 0 Å². The van der Waals surface area contributed by atoms with Crippen LogP contribution in [0.25, 0.3) is 28.2 Å². The first-order chi connectivity index (χ1) is 18.9. The number of hydrogen-bond acceptors (Lipinski definition) is 5. The number of anilines is 1. The van der Waals surface area contributed by atoms with E-state index in [2.05, 4.69) is 64.4 Å². The minimum absolute atomic E-state index is 0.1000. The number of hydrogen-bond donors (Lipinski definition) is 1. The van der Waals surface area contributed by atoms with Crippen molar-refractivity contribution in [2.75, 3.05) is 18.0 Å². The number of nitrogens with zero attached hydrogens (tertiary/aromatic N) is 3. The molecule has 0 amide bonds. The SMILES string of the molecule is Cc1ccccc1-c1noc(C2CC2)c1C=C1CC2(CCN(c3ccc4nc(C(=O)O)cc(C)c4c3)CC2)C1. The highest BCUT2D eigenvalue weighted by atomic mass is 16.5. The molecule has 6 heteroatoms. The van der Waals surface area contributed by atoms with E-state index in [0.717, 1.165) is 53.9 Å². The number of aromatic carboxylic acids is 1. The summed E-state index contributed by atoms with van der Waals surface area (Å²) in [5.74, 6) is 0.613. The summed E-state index contributed by atoms with van der Waals surface area (Å²) < 4.78 is 5.92. The van der Waals surface area contributed by atoms with Crippen LogP contribution in [-0.2, 0) is 0 Å². The number of pyridine rings is 1. The third kappa shape index (κ3) is 4.32. The van der Waals surface area contributed by atoms with E-state index in [1.165, 1.54) is 53.6 Å². The van der Waals surface area contributed by atoms with E-state index < -0.39 is 5.97 Å². The van der Waals surface area contributed by atoms with Gasteiger partial charge in [-0.05, 0) is 99.3 Å². The lowest BCUT2D eigenvalue weighted by Crippen LogP contribution is -2.44. The highest BCUT2D eigenvalue weighted by Crippen LogP contribution is 2.54. The molecule has 1 saturated heterocycles. The molecule has 0 radical (unpaired) electrons. The maximum atomic E-state index is 11.4. The molecule has 39 heavy (non-hydrogen) atoms. The van der Waals surface area contributed by atoms with Crippen LogP contribution in [0.1, 0.15) is 77.4 Å². The van der Waals surface area contributed by atoms with Crippen LogP contribution in [0.5, 0.6) is 0 Å². The summed E-state index contributed by atoms with van der Waals surface area (Å²) in [7, 11) is 0. The van der Waals surface area contributed by atoms with Crippen molar-refractivity contribution in [2.45, 2.75) is 58.3 Å². The van der Waals surface area contributed by atoms with E-state index in [-0.39, 0.29) is 5.69 Å². The quantitative estimate of drug-likeness (QED) is 0.293. The molecule has 1 aliphatic heterocycles. The average Bonchev–Trinajstić information content (AvgIpc) is 3.68. The Balaban J connectivity index is 1.07. The van der Waals surface area contributed by atoms with Crippen molar-refractivity contribution in [3.05, 3.63) is 82.2 Å². The van der Waals surface area contributed by atoms with E-state index in [1.54, 1.807) is 6.07 Å². The first-order valence-electron chi connectivity index (χ1n) is 14.0. The number of fused-ring (bicyclic) bond motifs is 1. The standard InChI is InChI=1S/C33H33N3O3/c1-20-5-3-4-6-25(20)30-27(31(39-35-30)23-7-8-23)16-22-18-33(19-22)11-13-36(14-12-33)24-9-10-28-26(17-24)21(2)15-29(34-28)32(37)38/h3-6,9-10,15-17,23H,7-8,11-14,18-19H2,1-2H3,(H,37,38). The van der Waals surface area contributed by atoms with Crippen molar-refractivity contribution in [2.24, 2.45) is 5.41 Å². The zero-order valence-electron chi connectivity index (χ0n) is 22.5. The summed E-state index contributed by atoms with van der Waals surface area (Å²) in [5.41, 5.74) is 9.50. The van der Waals surface area contributed by atoms with Crippen molar-refractivity contribution < 1.29 is 14.4 Å². The lowest BCUT2D eigenvalue weighted by Gasteiger charge is -2.50. The Labute approximate surface area is 228 Å². The molecule has 198 valence electrons. The molecule has 1 spiro atoms. The van der Waals surface area contributed by atoms with Gasteiger partial charge in [-0.15, -0.1) is 0 Å². The monoisotopic (exact) mass is 519 g/mol. The Morgan fingerprint density at radius 3 is 2.54 bits per heavy atom. The Kier molecular flexibility index (Phi) is 5.62. The van der Waals surface area contributed by atoms with Gasteiger partial charge in [0.05, 0.1) is 5.52 Å². The summed E-state index contributed by atoms with van der Waals surface area (Å²) in [5, 5.41) is 14.9. The molecule has 0 unspecified atom stereocenters. The number of piperidine rings is 1. The Hall–Kier alpha value is -3.93. The summed E-state index contributed by atoms with van der Waals surface area (Å²) in [4.78, 5) is 18.2. The largest absolute Gasteiger partial charge is 0.477 e. The van der Waals surface area contributed by atoms with Crippen LogP contribution in [-0.4, -0.2) is 34.3 Å². The Bertz CT molecular complexity index is 1630. The van der Waals surface area contributed by atoms with Crippen LogP contribution in [0.2, 0.25) is 0 Å². The normalized spacial score (nSPS) is 18.4. The van der Waals surface area contributed by atoms with Crippen LogP contribution in [0.3, 0.4) is 0 Å². The van der Waals surface area contributed by atoms with Crippen LogP contribution < -0.4 is 4.90 Å². The lowest BCUT2D eigenvalue weighted by molar-refractivity contribution is 0.0691. The van der Waals surface area contributed by atoms with Crippen molar-refractivity contribution in [1.29, 1.82) is 0 Å². The smallest absolute Gasteiger partial charge is 0.354 e. The van der Waals surface area contributed by atoms with E-state index in [9.17, 15) is 9.90 Å². The lowest BCUT2D eigenvalue weighted by atomic mass is 9.60. The van der Waals surface area contributed by atoms with Crippen LogP contribution in [0, 0.1) is 19.3 Å². The fourth-order valence-electron chi connectivity index (χ4n) is 6.62. The number of carbonyl (C=O) groups is 1. The van der Waals surface area contributed by atoms with Gasteiger partial charge in [0.15, 0.2) is 0 Å². The fourth-order valence-corrected chi connectivity index (χ4v) is 6.62. The molecular weight excluding hydrogens is 486 g/mol. The Morgan fingerprint density at radius 2 is 1.82 bits per heavy atom. The minimum atomic E-state index is -0.987. The average molecular weight is 520 g/mol. The summed E-state index contributed by atoms with van der Waals surface area (Å²) >= 11 is 0. The van der Waals surface area contributed by atoms with Crippen LogP contribution in [0.4, 0.5) is 5.69 Å². The molecule has 7 rings (SSSR count). The third-order valence-electron chi connectivity index (χ3n) is 9.06. The summed E-state index contributed by atoms with van der Waals surface area (Å²) in [6.45, 7) is 6.17. The second kappa shape index (κ2) is 9.08. The molecule has 3 fully saturated rings. The van der Waals surface area contributed by atoms with Crippen molar-refractivity contribution in [3.63, 3.8) is 0 Å².